The molecule has 3 amide bonds. The number of hydrogen-bond acceptors (Lipinski definition) is 4. The van der Waals surface area contributed by atoms with E-state index in [1.54, 1.807) is 0 Å². The van der Waals surface area contributed by atoms with Crippen LogP contribution in [0.1, 0.15) is 53.4 Å². The van der Waals surface area contributed by atoms with E-state index in [-0.39, 0.29) is 29.0 Å². The second-order valence-electron chi connectivity index (χ2n) is 7.03. The lowest BCUT2D eigenvalue weighted by atomic mass is 9.76. The standard InChI is InChI=1S/C16H26N2O4/c1-10(2)5-6-17-15(22)18-14(21)7-11-12(19)8-16(3,4)9-13(11)20/h10,19H,5-9H2,1-4H3,(H2,17,18,21,22). The highest BCUT2D eigenvalue weighted by Gasteiger charge is 2.33. The van der Waals surface area contributed by atoms with Gasteiger partial charge in [0, 0.05) is 25.0 Å². The molecule has 0 aliphatic heterocycles. The fourth-order valence-electron chi connectivity index (χ4n) is 2.38. The SMILES string of the molecule is CC(C)CCNC(=O)NC(=O)CC1=C(O)CC(C)(C)CC1=O. The monoisotopic (exact) mass is 310 g/mol. The molecular weight excluding hydrogens is 284 g/mol. The number of ketones is 1. The molecule has 6 nitrogen and oxygen atoms in total. The Morgan fingerprint density at radius 1 is 1.27 bits per heavy atom. The number of urea groups is 1. The Morgan fingerprint density at radius 2 is 1.91 bits per heavy atom. The zero-order valence-corrected chi connectivity index (χ0v) is 13.8. The van der Waals surface area contributed by atoms with Crippen molar-refractivity contribution in [3.8, 4) is 0 Å². The van der Waals surface area contributed by atoms with Crippen LogP contribution in [0, 0.1) is 11.3 Å². The van der Waals surface area contributed by atoms with Crippen molar-refractivity contribution in [2.24, 2.45) is 11.3 Å². The van der Waals surface area contributed by atoms with E-state index in [1.165, 1.54) is 0 Å². The van der Waals surface area contributed by atoms with Gasteiger partial charge in [0.05, 0.1) is 6.42 Å². The molecular formula is C16H26N2O4. The second-order valence-corrected chi connectivity index (χ2v) is 7.03. The van der Waals surface area contributed by atoms with E-state index in [0.29, 0.717) is 25.3 Å². The van der Waals surface area contributed by atoms with Gasteiger partial charge in [0.15, 0.2) is 5.78 Å². The van der Waals surface area contributed by atoms with E-state index in [2.05, 4.69) is 10.6 Å². The Morgan fingerprint density at radius 3 is 2.45 bits per heavy atom. The van der Waals surface area contributed by atoms with Gasteiger partial charge in [-0.05, 0) is 17.8 Å². The Bertz CT molecular complexity index is 492. The fourth-order valence-corrected chi connectivity index (χ4v) is 2.38. The Kier molecular flexibility index (Phi) is 6.14. The number of carbonyl (C=O) groups is 3. The van der Waals surface area contributed by atoms with Gasteiger partial charge < -0.3 is 10.4 Å². The maximum Gasteiger partial charge on any atom is 0.321 e. The number of nitrogens with one attached hydrogen (secondary N) is 2. The summed E-state index contributed by atoms with van der Waals surface area (Å²) in [5.74, 6) is -0.404. The summed E-state index contributed by atoms with van der Waals surface area (Å²) in [7, 11) is 0. The quantitative estimate of drug-likeness (QED) is 0.727. The number of hydrogen-bond donors (Lipinski definition) is 3. The number of Topliss-reactive ketones (excluding diaryl/α,β-unsaturated/α-hetero) is 1. The highest BCUT2D eigenvalue weighted by molar-refractivity contribution is 6.04. The van der Waals surface area contributed by atoms with Crippen molar-refractivity contribution in [3.63, 3.8) is 0 Å². The first kappa shape index (κ1) is 18.2. The Balaban J connectivity index is 2.51. The van der Waals surface area contributed by atoms with E-state index in [1.807, 2.05) is 27.7 Å². The molecule has 22 heavy (non-hydrogen) atoms. The van der Waals surface area contributed by atoms with Crippen molar-refractivity contribution in [1.82, 2.24) is 10.6 Å². The van der Waals surface area contributed by atoms with E-state index < -0.39 is 11.9 Å². The second kappa shape index (κ2) is 7.42. The minimum atomic E-state index is -0.586. The molecule has 6 heteroatoms. The van der Waals surface area contributed by atoms with Crippen LogP contribution in [-0.2, 0) is 9.59 Å². The van der Waals surface area contributed by atoms with Crippen LogP contribution in [-0.4, -0.2) is 29.4 Å². The molecule has 1 rings (SSSR count). The van der Waals surface area contributed by atoms with Gasteiger partial charge in [-0.2, -0.15) is 0 Å². The highest BCUT2D eigenvalue weighted by atomic mass is 16.3. The maximum atomic E-state index is 12.0. The van der Waals surface area contributed by atoms with Crippen molar-refractivity contribution in [2.45, 2.75) is 53.4 Å². The van der Waals surface area contributed by atoms with Crippen LogP contribution in [0.15, 0.2) is 11.3 Å². The van der Waals surface area contributed by atoms with E-state index in [0.717, 1.165) is 6.42 Å². The Hall–Kier alpha value is -1.85. The number of aliphatic hydroxyl groups excluding tert-OH is 1. The van der Waals surface area contributed by atoms with Crippen LogP contribution in [0.4, 0.5) is 4.79 Å². The van der Waals surface area contributed by atoms with Gasteiger partial charge >= 0.3 is 6.03 Å². The van der Waals surface area contributed by atoms with Gasteiger partial charge in [0.2, 0.25) is 5.91 Å². The third kappa shape index (κ3) is 5.87. The summed E-state index contributed by atoms with van der Waals surface area (Å²) in [4.78, 5) is 35.3. The van der Waals surface area contributed by atoms with E-state index in [9.17, 15) is 19.5 Å². The summed E-state index contributed by atoms with van der Waals surface area (Å²) in [5, 5.41) is 14.7. The average Bonchev–Trinajstić information content (AvgIpc) is 2.32. The van der Waals surface area contributed by atoms with Gasteiger partial charge in [-0.3, -0.25) is 14.9 Å². The van der Waals surface area contributed by atoms with Crippen molar-refractivity contribution in [1.29, 1.82) is 0 Å². The lowest BCUT2D eigenvalue weighted by Gasteiger charge is -2.29. The van der Waals surface area contributed by atoms with Gasteiger partial charge in [0.1, 0.15) is 5.76 Å². The molecule has 0 unspecified atom stereocenters. The molecule has 0 radical (unpaired) electrons. The molecule has 1 aliphatic rings. The first-order chi connectivity index (χ1) is 10.1. The topological polar surface area (TPSA) is 95.5 Å². The third-order valence-corrected chi connectivity index (χ3v) is 3.57. The summed E-state index contributed by atoms with van der Waals surface area (Å²) in [6.07, 6.45) is 1.21. The molecule has 0 saturated carbocycles. The summed E-state index contributed by atoms with van der Waals surface area (Å²) in [6.45, 7) is 8.34. The predicted molar refractivity (Wildman–Crippen MR) is 83.3 cm³/mol. The van der Waals surface area contributed by atoms with Crippen molar-refractivity contribution < 1.29 is 19.5 Å². The van der Waals surface area contributed by atoms with Crippen LogP contribution in [0.5, 0.6) is 0 Å². The van der Waals surface area contributed by atoms with Gasteiger partial charge in [-0.1, -0.05) is 27.7 Å². The largest absolute Gasteiger partial charge is 0.512 e. The number of aliphatic hydroxyl groups is 1. The highest BCUT2D eigenvalue weighted by Crippen LogP contribution is 2.36. The smallest absolute Gasteiger partial charge is 0.321 e. The molecule has 0 bridgehead atoms. The molecule has 0 heterocycles. The minimum absolute atomic E-state index is 0.0448. The number of amides is 3. The summed E-state index contributed by atoms with van der Waals surface area (Å²) in [5.41, 5.74) is -0.179. The molecule has 0 atom stereocenters. The lowest BCUT2D eigenvalue weighted by molar-refractivity contribution is -0.123. The minimum Gasteiger partial charge on any atom is -0.512 e. The molecule has 3 N–H and O–H groups in total. The number of allylic oxidation sites excluding steroid dienone is 1. The van der Waals surface area contributed by atoms with Crippen molar-refractivity contribution in [3.05, 3.63) is 11.3 Å². The van der Waals surface area contributed by atoms with Crippen molar-refractivity contribution in [2.75, 3.05) is 6.54 Å². The van der Waals surface area contributed by atoms with Gasteiger partial charge in [0.25, 0.3) is 0 Å². The van der Waals surface area contributed by atoms with Gasteiger partial charge in [-0.15, -0.1) is 0 Å². The predicted octanol–water partition coefficient (Wildman–Crippen LogP) is 2.45. The first-order valence-corrected chi connectivity index (χ1v) is 7.62. The molecule has 0 saturated heterocycles. The fraction of sp³-hybridized carbons (Fsp3) is 0.688. The number of carbonyl (C=O) groups excluding carboxylic acids is 3. The molecule has 0 aromatic heterocycles. The van der Waals surface area contributed by atoms with Gasteiger partial charge in [-0.25, -0.2) is 4.79 Å². The zero-order chi connectivity index (χ0) is 16.9. The lowest BCUT2D eigenvalue weighted by Crippen LogP contribution is -2.40. The molecule has 1 aliphatic carbocycles. The molecule has 0 fully saturated rings. The normalized spacial score (nSPS) is 17.6. The summed E-state index contributed by atoms with van der Waals surface area (Å²) in [6, 6.07) is -0.575. The number of imide groups is 1. The summed E-state index contributed by atoms with van der Waals surface area (Å²) < 4.78 is 0. The summed E-state index contributed by atoms with van der Waals surface area (Å²) >= 11 is 0. The van der Waals surface area contributed by atoms with Crippen LogP contribution < -0.4 is 10.6 Å². The molecule has 124 valence electrons. The van der Waals surface area contributed by atoms with Crippen LogP contribution in [0.2, 0.25) is 0 Å². The van der Waals surface area contributed by atoms with Crippen LogP contribution in [0.3, 0.4) is 0 Å². The number of rotatable bonds is 5. The zero-order valence-electron chi connectivity index (χ0n) is 13.8. The maximum absolute atomic E-state index is 12.0. The van der Waals surface area contributed by atoms with Crippen LogP contribution in [0.25, 0.3) is 0 Å². The van der Waals surface area contributed by atoms with Crippen LogP contribution >= 0.6 is 0 Å². The average molecular weight is 310 g/mol. The third-order valence-electron chi connectivity index (χ3n) is 3.57. The molecule has 0 aromatic rings. The molecule has 0 spiro atoms. The van der Waals surface area contributed by atoms with E-state index in [4.69, 9.17) is 0 Å². The van der Waals surface area contributed by atoms with E-state index >= 15 is 0 Å². The Labute approximate surface area is 131 Å². The molecule has 0 aromatic carbocycles. The first-order valence-electron chi connectivity index (χ1n) is 7.62. The van der Waals surface area contributed by atoms with Crippen molar-refractivity contribution >= 4 is 17.7 Å².